The highest BCUT2D eigenvalue weighted by Gasteiger charge is 2.33. The van der Waals surface area contributed by atoms with Crippen molar-refractivity contribution < 1.29 is 24.3 Å². The summed E-state index contributed by atoms with van der Waals surface area (Å²) in [5.41, 5.74) is 6.70. The van der Waals surface area contributed by atoms with Crippen LogP contribution in [0.4, 0.5) is 0 Å². The molecule has 0 bridgehead atoms. The zero-order chi connectivity index (χ0) is 26.0. The fourth-order valence-corrected chi connectivity index (χ4v) is 3.42. The van der Waals surface area contributed by atoms with Crippen LogP contribution in [0.2, 0.25) is 0 Å². The van der Waals surface area contributed by atoms with Gasteiger partial charge < -0.3 is 31.8 Å². The second-order valence-electron chi connectivity index (χ2n) is 9.52. The van der Waals surface area contributed by atoms with Gasteiger partial charge in [-0.2, -0.15) is 0 Å². The fraction of sp³-hybridized carbons (Fsp3) is 0.696. The summed E-state index contributed by atoms with van der Waals surface area (Å²) in [4.78, 5) is 57.1. The van der Waals surface area contributed by atoms with Crippen molar-refractivity contribution in [2.75, 3.05) is 0 Å². The average Bonchev–Trinajstić information content (AvgIpc) is 3.26. The van der Waals surface area contributed by atoms with E-state index in [1.54, 1.807) is 20.0 Å². The van der Waals surface area contributed by atoms with Gasteiger partial charge in [0.15, 0.2) is 0 Å². The molecule has 1 aromatic heterocycles. The van der Waals surface area contributed by atoms with E-state index in [0.29, 0.717) is 12.1 Å². The number of hydrogen-bond donors (Lipinski definition) is 6. The number of imidazole rings is 1. The minimum Gasteiger partial charge on any atom is -0.480 e. The Bertz CT molecular complexity index is 811. The molecule has 0 spiro atoms. The molecule has 3 amide bonds. The van der Waals surface area contributed by atoms with Crippen LogP contribution in [0.5, 0.6) is 0 Å². The van der Waals surface area contributed by atoms with Gasteiger partial charge in [-0.3, -0.25) is 14.4 Å². The quantitative estimate of drug-likeness (QED) is 0.225. The molecule has 192 valence electrons. The largest absolute Gasteiger partial charge is 0.480 e. The van der Waals surface area contributed by atoms with E-state index in [-0.39, 0.29) is 30.6 Å². The number of hydrogen-bond acceptors (Lipinski definition) is 6. The maximum atomic E-state index is 13.2. The first-order valence-corrected chi connectivity index (χ1v) is 11.7. The van der Waals surface area contributed by atoms with Gasteiger partial charge in [-0.15, -0.1) is 0 Å². The van der Waals surface area contributed by atoms with Crippen molar-refractivity contribution in [3.05, 3.63) is 18.2 Å². The van der Waals surface area contributed by atoms with Crippen LogP contribution in [-0.2, 0) is 25.6 Å². The maximum Gasteiger partial charge on any atom is 0.326 e. The molecule has 0 fully saturated rings. The molecule has 5 atom stereocenters. The lowest BCUT2D eigenvalue weighted by atomic mass is 9.95. The molecule has 5 unspecified atom stereocenters. The molecule has 11 nitrogen and oxygen atoms in total. The summed E-state index contributed by atoms with van der Waals surface area (Å²) in [6.07, 6.45) is 4.15. The van der Waals surface area contributed by atoms with Gasteiger partial charge in [-0.25, -0.2) is 9.78 Å². The molecule has 11 heteroatoms. The van der Waals surface area contributed by atoms with Crippen LogP contribution >= 0.6 is 0 Å². The number of aromatic nitrogens is 2. The number of H-pyrrole nitrogens is 1. The first-order valence-electron chi connectivity index (χ1n) is 11.7. The second-order valence-corrected chi connectivity index (χ2v) is 9.52. The molecule has 1 heterocycles. The molecule has 0 aliphatic rings. The highest BCUT2D eigenvalue weighted by Crippen LogP contribution is 2.12. The third kappa shape index (κ3) is 9.12. The maximum absolute atomic E-state index is 13.2. The predicted octanol–water partition coefficient (Wildman–Crippen LogP) is 0.567. The molecule has 7 N–H and O–H groups in total. The lowest BCUT2D eigenvalue weighted by Gasteiger charge is -2.29. The Hall–Kier alpha value is -2.95. The highest BCUT2D eigenvalue weighted by molar-refractivity contribution is 5.94. The van der Waals surface area contributed by atoms with E-state index in [2.05, 4.69) is 25.9 Å². The number of nitrogens with two attached hydrogens (primary N) is 1. The summed E-state index contributed by atoms with van der Waals surface area (Å²) in [7, 11) is 0. The van der Waals surface area contributed by atoms with Crippen LogP contribution in [0.15, 0.2) is 12.5 Å². The van der Waals surface area contributed by atoms with Crippen LogP contribution in [-0.4, -0.2) is 62.9 Å². The normalized spacial score (nSPS) is 15.8. The average molecular weight is 481 g/mol. The summed E-state index contributed by atoms with van der Waals surface area (Å²) in [6.45, 7) is 10.9. The van der Waals surface area contributed by atoms with Gasteiger partial charge in [0.05, 0.1) is 12.4 Å². The number of aliphatic carboxylic acids is 1. The monoisotopic (exact) mass is 480 g/mol. The molecule has 0 aliphatic heterocycles. The van der Waals surface area contributed by atoms with E-state index < -0.39 is 47.9 Å². The Morgan fingerprint density at radius 2 is 1.59 bits per heavy atom. The number of carbonyl (C=O) groups excluding carboxylic acids is 3. The van der Waals surface area contributed by atoms with Gasteiger partial charge in [0.25, 0.3) is 0 Å². The molecular weight excluding hydrogens is 440 g/mol. The van der Waals surface area contributed by atoms with Gasteiger partial charge in [0.2, 0.25) is 17.7 Å². The van der Waals surface area contributed by atoms with Crippen LogP contribution in [0.25, 0.3) is 0 Å². The topological polar surface area (TPSA) is 179 Å². The van der Waals surface area contributed by atoms with Crippen molar-refractivity contribution in [3.63, 3.8) is 0 Å². The highest BCUT2D eigenvalue weighted by atomic mass is 16.4. The molecule has 1 aromatic rings. The Balaban J connectivity index is 2.93. The van der Waals surface area contributed by atoms with Crippen LogP contribution in [0, 0.1) is 17.8 Å². The minimum absolute atomic E-state index is 0.0597. The number of nitrogens with zero attached hydrogens (tertiary/aromatic N) is 1. The SMILES string of the molecule is CCC(C)C(NC(=O)C(N)Cc1cnc[nH]1)C(=O)NC(C(=O)NC(CC(C)C)C(=O)O)C(C)C. The number of amides is 3. The van der Waals surface area contributed by atoms with Gasteiger partial charge in [-0.05, 0) is 24.2 Å². The van der Waals surface area contributed by atoms with Crippen LogP contribution in [0.1, 0.15) is 60.1 Å². The van der Waals surface area contributed by atoms with Crippen molar-refractivity contribution in [2.45, 2.75) is 85.0 Å². The molecule has 0 aliphatic carbocycles. The minimum atomic E-state index is -1.13. The van der Waals surface area contributed by atoms with Crippen molar-refractivity contribution >= 4 is 23.7 Å². The van der Waals surface area contributed by atoms with E-state index in [1.165, 1.54) is 6.33 Å². The fourth-order valence-electron chi connectivity index (χ4n) is 3.42. The van der Waals surface area contributed by atoms with E-state index in [9.17, 15) is 24.3 Å². The van der Waals surface area contributed by atoms with Crippen molar-refractivity contribution in [3.8, 4) is 0 Å². The lowest BCUT2D eigenvalue weighted by Crippen LogP contribution is -2.60. The second kappa shape index (κ2) is 13.7. The van der Waals surface area contributed by atoms with E-state index in [1.807, 2.05) is 27.7 Å². The van der Waals surface area contributed by atoms with Crippen LogP contribution in [0.3, 0.4) is 0 Å². The molecule has 0 aromatic carbocycles. The van der Waals surface area contributed by atoms with Gasteiger partial charge in [0, 0.05) is 18.3 Å². The molecular formula is C23H40N6O5. The Kier molecular flexibility index (Phi) is 11.7. The molecule has 0 saturated carbocycles. The molecule has 34 heavy (non-hydrogen) atoms. The third-order valence-electron chi connectivity index (χ3n) is 5.69. The van der Waals surface area contributed by atoms with E-state index >= 15 is 0 Å². The zero-order valence-electron chi connectivity index (χ0n) is 20.9. The summed E-state index contributed by atoms with van der Waals surface area (Å²) in [6, 6.07) is -3.83. The summed E-state index contributed by atoms with van der Waals surface area (Å²) >= 11 is 0. The summed E-state index contributed by atoms with van der Waals surface area (Å²) in [5.74, 6) is -3.22. The van der Waals surface area contributed by atoms with Gasteiger partial charge in [-0.1, -0.05) is 48.0 Å². The zero-order valence-corrected chi connectivity index (χ0v) is 20.9. The van der Waals surface area contributed by atoms with E-state index in [4.69, 9.17) is 5.73 Å². The number of aromatic amines is 1. The molecule has 0 saturated heterocycles. The van der Waals surface area contributed by atoms with Crippen molar-refractivity contribution in [1.82, 2.24) is 25.9 Å². The van der Waals surface area contributed by atoms with Crippen molar-refractivity contribution in [1.29, 1.82) is 0 Å². The first kappa shape index (κ1) is 29.1. The summed E-state index contributed by atoms with van der Waals surface area (Å²) < 4.78 is 0. The Labute approximate surface area is 201 Å². The number of nitrogens with one attached hydrogen (secondary N) is 4. The van der Waals surface area contributed by atoms with Gasteiger partial charge in [0.1, 0.15) is 18.1 Å². The third-order valence-corrected chi connectivity index (χ3v) is 5.69. The van der Waals surface area contributed by atoms with Crippen molar-refractivity contribution in [2.24, 2.45) is 23.5 Å². The Morgan fingerprint density at radius 1 is 1.00 bits per heavy atom. The number of carboxylic acids is 1. The Morgan fingerprint density at radius 3 is 2.06 bits per heavy atom. The first-order chi connectivity index (χ1) is 15.9. The number of carboxylic acid groups (broad SMARTS) is 1. The molecule has 1 rings (SSSR count). The van der Waals surface area contributed by atoms with E-state index in [0.717, 1.165) is 0 Å². The number of rotatable bonds is 14. The molecule has 0 radical (unpaired) electrons. The predicted molar refractivity (Wildman–Crippen MR) is 127 cm³/mol. The number of carbonyl (C=O) groups is 4. The lowest BCUT2D eigenvalue weighted by molar-refractivity contribution is -0.143. The standard InChI is InChI=1S/C23H40N6O5/c1-7-14(6)19(29-20(30)16(24)9-15-10-25-11-26-15)22(32)28-18(13(4)5)21(31)27-17(23(33)34)8-12(2)3/h10-14,16-19H,7-9,24H2,1-6H3,(H,25,26)(H,27,31)(H,28,32)(H,29,30)(H,33,34). The smallest absolute Gasteiger partial charge is 0.326 e. The van der Waals surface area contributed by atoms with Crippen LogP contribution < -0.4 is 21.7 Å². The summed E-state index contributed by atoms with van der Waals surface area (Å²) in [5, 5.41) is 17.4. The van der Waals surface area contributed by atoms with Gasteiger partial charge >= 0.3 is 5.97 Å².